The molecule has 1 aliphatic rings. The number of rotatable bonds is 6. The highest BCUT2D eigenvalue weighted by atomic mass is 32.2. The first-order valence-corrected chi connectivity index (χ1v) is 10.8. The Bertz CT molecular complexity index is 902. The Balaban J connectivity index is 1.47. The molecule has 1 saturated heterocycles. The fourth-order valence-electron chi connectivity index (χ4n) is 3.14. The van der Waals surface area contributed by atoms with E-state index in [0.29, 0.717) is 44.1 Å². The second-order valence-electron chi connectivity index (χ2n) is 6.83. The Kier molecular flexibility index (Phi) is 5.91. The summed E-state index contributed by atoms with van der Waals surface area (Å²) >= 11 is 0. The quantitative estimate of drug-likeness (QED) is 0.799. The molecule has 9 heteroatoms. The van der Waals surface area contributed by atoms with Crippen LogP contribution >= 0.6 is 0 Å². The standard InChI is InChI=1S/C18H24N4O4S/c1-13-5-3-4-6-15(13)18-20-17(26-21-18)8-7-16(23)19-14-9-11-22(12-10-14)27(2,24)25/h3-6,14H,7-12H2,1-2H3,(H,19,23). The molecule has 2 heterocycles. The van der Waals surface area contributed by atoms with E-state index < -0.39 is 10.0 Å². The fraction of sp³-hybridized carbons (Fsp3) is 0.500. The topological polar surface area (TPSA) is 105 Å². The summed E-state index contributed by atoms with van der Waals surface area (Å²) < 4.78 is 29.7. The van der Waals surface area contributed by atoms with Crippen molar-refractivity contribution in [1.29, 1.82) is 0 Å². The molecule has 8 nitrogen and oxygen atoms in total. The lowest BCUT2D eigenvalue weighted by Crippen LogP contribution is -2.46. The van der Waals surface area contributed by atoms with Gasteiger partial charge in [-0.3, -0.25) is 4.79 Å². The molecule has 0 bridgehead atoms. The van der Waals surface area contributed by atoms with Gasteiger partial charge in [0, 0.05) is 37.5 Å². The number of hydrogen-bond donors (Lipinski definition) is 1. The normalized spacial score (nSPS) is 16.4. The van der Waals surface area contributed by atoms with Gasteiger partial charge < -0.3 is 9.84 Å². The molecule has 1 aromatic heterocycles. The lowest BCUT2D eigenvalue weighted by atomic mass is 10.1. The maximum absolute atomic E-state index is 12.2. The number of nitrogens with zero attached hydrogens (tertiary/aromatic N) is 3. The Morgan fingerprint density at radius 1 is 1.30 bits per heavy atom. The highest BCUT2D eigenvalue weighted by molar-refractivity contribution is 7.88. The first-order valence-electron chi connectivity index (χ1n) is 8.96. The fourth-order valence-corrected chi connectivity index (χ4v) is 4.02. The molecule has 1 amide bonds. The highest BCUT2D eigenvalue weighted by Gasteiger charge is 2.25. The monoisotopic (exact) mass is 392 g/mol. The lowest BCUT2D eigenvalue weighted by Gasteiger charge is -2.30. The van der Waals surface area contributed by atoms with Crippen LogP contribution in [0.1, 0.15) is 30.7 Å². The van der Waals surface area contributed by atoms with Crippen LogP contribution in [0.2, 0.25) is 0 Å². The number of nitrogens with one attached hydrogen (secondary N) is 1. The van der Waals surface area contributed by atoms with Gasteiger partial charge in [-0.05, 0) is 25.3 Å². The van der Waals surface area contributed by atoms with Crippen molar-refractivity contribution in [1.82, 2.24) is 19.8 Å². The Morgan fingerprint density at radius 2 is 2.00 bits per heavy atom. The smallest absolute Gasteiger partial charge is 0.227 e. The van der Waals surface area contributed by atoms with Crippen molar-refractivity contribution in [3.05, 3.63) is 35.7 Å². The SMILES string of the molecule is Cc1ccccc1-c1noc(CCC(=O)NC2CCN(S(C)(=O)=O)CC2)n1. The number of piperidine rings is 1. The molecule has 0 radical (unpaired) electrons. The van der Waals surface area contributed by atoms with E-state index in [9.17, 15) is 13.2 Å². The number of aromatic nitrogens is 2. The zero-order valence-electron chi connectivity index (χ0n) is 15.5. The van der Waals surface area contributed by atoms with Gasteiger partial charge >= 0.3 is 0 Å². The van der Waals surface area contributed by atoms with Gasteiger partial charge in [-0.25, -0.2) is 12.7 Å². The van der Waals surface area contributed by atoms with Crippen molar-refractivity contribution < 1.29 is 17.7 Å². The predicted octanol–water partition coefficient (Wildman–Crippen LogP) is 1.52. The molecule has 0 aliphatic carbocycles. The molecule has 2 aromatic rings. The third kappa shape index (κ3) is 5.14. The summed E-state index contributed by atoms with van der Waals surface area (Å²) in [7, 11) is -3.15. The maximum Gasteiger partial charge on any atom is 0.227 e. The summed E-state index contributed by atoms with van der Waals surface area (Å²) in [5, 5.41) is 6.95. The Morgan fingerprint density at radius 3 is 2.67 bits per heavy atom. The molecule has 1 fully saturated rings. The van der Waals surface area contributed by atoms with E-state index in [1.807, 2.05) is 31.2 Å². The second kappa shape index (κ2) is 8.18. The maximum atomic E-state index is 12.2. The average Bonchev–Trinajstić information content (AvgIpc) is 3.09. The van der Waals surface area contributed by atoms with Crippen molar-refractivity contribution in [2.45, 2.75) is 38.6 Å². The summed E-state index contributed by atoms with van der Waals surface area (Å²) in [5.41, 5.74) is 1.97. The van der Waals surface area contributed by atoms with E-state index in [1.54, 1.807) is 0 Å². The van der Waals surface area contributed by atoms with Crippen LogP contribution in [0.5, 0.6) is 0 Å². The molecule has 0 saturated carbocycles. The molecule has 0 atom stereocenters. The molecule has 27 heavy (non-hydrogen) atoms. The number of hydrogen-bond acceptors (Lipinski definition) is 6. The molecule has 1 aliphatic heterocycles. The van der Waals surface area contributed by atoms with E-state index in [-0.39, 0.29) is 18.4 Å². The van der Waals surface area contributed by atoms with Crippen LogP contribution in [0.3, 0.4) is 0 Å². The van der Waals surface area contributed by atoms with Gasteiger partial charge in [-0.2, -0.15) is 4.98 Å². The summed E-state index contributed by atoms with van der Waals surface area (Å²) in [6, 6.07) is 7.78. The third-order valence-electron chi connectivity index (χ3n) is 4.71. The zero-order valence-corrected chi connectivity index (χ0v) is 16.3. The largest absolute Gasteiger partial charge is 0.353 e. The van der Waals surface area contributed by atoms with Crippen LogP contribution < -0.4 is 5.32 Å². The van der Waals surface area contributed by atoms with Crippen LogP contribution in [-0.2, 0) is 21.2 Å². The van der Waals surface area contributed by atoms with Gasteiger partial charge in [0.15, 0.2) is 0 Å². The molecular weight excluding hydrogens is 368 g/mol. The molecular formula is C18H24N4O4S. The van der Waals surface area contributed by atoms with Gasteiger partial charge in [0.2, 0.25) is 27.6 Å². The summed E-state index contributed by atoms with van der Waals surface area (Å²) in [6.45, 7) is 2.86. The summed E-state index contributed by atoms with van der Waals surface area (Å²) in [5.74, 6) is 0.857. The lowest BCUT2D eigenvalue weighted by molar-refractivity contribution is -0.122. The summed E-state index contributed by atoms with van der Waals surface area (Å²) in [6.07, 6.45) is 3.07. The molecule has 3 rings (SSSR count). The zero-order chi connectivity index (χ0) is 19.4. The molecule has 1 N–H and O–H groups in total. The van der Waals surface area contributed by atoms with E-state index in [0.717, 1.165) is 11.1 Å². The molecule has 146 valence electrons. The van der Waals surface area contributed by atoms with Crippen molar-refractivity contribution >= 4 is 15.9 Å². The predicted molar refractivity (Wildman–Crippen MR) is 100 cm³/mol. The van der Waals surface area contributed by atoms with Crippen molar-refractivity contribution in [2.24, 2.45) is 0 Å². The van der Waals surface area contributed by atoms with Crippen LogP contribution in [-0.4, -0.2) is 54.2 Å². The highest BCUT2D eigenvalue weighted by Crippen LogP contribution is 2.20. The van der Waals surface area contributed by atoms with Gasteiger partial charge in [-0.15, -0.1) is 0 Å². The van der Waals surface area contributed by atoms with Crippen molar-refractivity contribution in [3.8, 4) is 11.4 Å². The van der Waals surface area contributed by atoms with Crippen LogP contribution in [0.15, 0.2) is 28.8 Å². The van der Waals surface area contributed by atoms with E-state index >= 15 is 0 Å². The minimum atomic E-state index is -3.15. The van der Waals surface area contributed by atoms with Gasteiger partial charge in [0.05, 0.1) is 6.26 Å². The Labute approximate surface area is 159 Å². The van der Waals surface area contributed by atoms with Crippen LogP contribution in [0.25, 0.3) is 11.4 Å². The molecule has 0 unspecified atom stereocenters. The molecule has 0 spiro atoms. The average molecular weight is 392 g/mol. The number of sulfonamides is 1. The van der Waals surface area contributed by atoms with Gasteiger partial charge in [0.1, 0.15) is 0 Å². The number of benzene rings is 1. The van der Waals surface area contributed by atoms with Gasteiger partial charge in [0.25, 0.3) is 0 Å². The van der Waals surface area contributed by atoms with Crippen LogP contribution in [0, 0.1) is 6.92 Å². The Hall–Kier alpha value is -2.26. The van der Waals surface area contributed by atoms with E-state index in [4.69, 9.17) is 4.52 Å². The molecule has 1 aromatic carbocycles. The van der Waals surface area contributed by atoms with E-state index in [2.05, 4.69) is 15.5 Å². The third-order valence-corrected chi connectivity index (χ3v) is 6.01. The van der Waals surface area contributed by atoms with E-state index in [1.165, 1.54) is 10.6 Å². The number of aryl methyl sites for hydroxylation is 2. The second-order valence-corrected chi connectivity index (χ2v) is 8.81. The van der Waals surface area contributed by atoms with Crippen molar-refractivity contribution in [2.75, 3.05) is 19.3 Å². The van der Waals surface area contributed by atoms with Crippen molar-refractivity contribution in [3.63, 3.8) is 0 Å². The first-order chi connectivity index (χ1) is 12.8. The number of carbonyl (C=O) groups is 1. The minimum absolute atomic E-state index is 0.000662. The van der Waals surface area contributed by atoms with Gasteiger partial charge in [-0.1, -0.05) is 29.4 Å². The van der Waals surface area contributed by atoms with Crippen LogP contribution in [0.4, 0.5) is 0 Å². The number of amides is 1. The summed E-state index contributed by atoms with van der Waals surface area (Å²) in [4.78, 5) is 16.5. The first kappa shape index (κ1) is 19.5. The minimum Gasteiger partial charge on any atom is -0.353 e. The number of carbonyl (C=O) groups excluding carboxylic acids is 1.